The van der Waals surface area contributed by atoms with Crippen LogP contribution in [-0.4, -0.2) is 52.3 Å². The zero-order chi connectivity index (χ0) is 22.0. The molecule has 1 atom stereocenters. The maximum atomic E-state index is 10.8. The molecular formula is C22H24B4O2S2. The van der Waals surface area contributed by atoms with E-state index in [1.807, 2.05) is 48.5 Å². The van der Waals surface area contributed by atoms with Crippen LogP contribution in [0.1, 0.15) is 43.2 Å². The summed E-state index contributed by atoms with van der Waals surface area (Å²) in [6, 6.07) is 19.6. The summed E-state index contributed by atoms with van der Waals surface area (Å²) in [5, 5.41) is 9.04. The van der Waals surface area contributed by atoms with Gasteiger partial charge in [0.2, 0.25) is 0 Å². The van der Waals surface area contributed by atoms with Crippen LogP contribution >= 0.6 is 23.5 Å². The van der Waals surface area contributed by atoms with E-state index in [1.54, 1.807) is 11.8 Å². The lowest BCUT2D eigenvalue weighted by atomic mass is 9.64. The van der Waals surface area contributed by atoms with Crippen molar-refractivity contribution in [3.8, 4) is 0 Å². The number of aliphatic carboxylic acids is 1. The Morgan fingerprint density at radius 1 is 0.933 bits per heavy atom. The Labute approximate surface area is 194 Å². The fourth-order valence-corrected chi connectivity index (χ4v) is 5.77. The molecule has 2 aromatic carbocycles. The standard InChI is InChI=1S/C22H24B4O2S2/c23-21(24,30-22(25,26)18-11-5-2-6-12-18)15-19(13-7-8-14-20(27)28)29-16-17-9-3-1-4-10-17/h1-6,9-12,19H,7-8,13-16H2,(H,27,28). The van der Waals surface area contributed by atoms with Crippen molar-refractivity contribution in [3.05, 3.63) is 71.8 Å². The molecule has 1 unspecified atom stereocenters. The minimum atomic E-state index is -1.21. The van der Waals surface area contributed by atoms with Gasteiger partial charge in [0.1, 0.15) is 0 Å². The second kappa shape index (κ2) is 12.0. The lowest BCUT2D eigenvalue weighted by Crippen LogP contribution is -2.37. The number of thioether (sulfide) groups is 2. The first-order chi connectivity index (χ1) is 14.2. The Kier molecular flexibility index (Phi) is 10.1. The molecule has 2 nitrogen and oxygen atoms in total. The lowest BCUT2D eigenvalue weighted by molar-refractivity contribution is -0.137. The minimum absolute atomic E-state index is 0.160. The normalized spacial score (nSPS) is 13.1. The third-order valence-corrected chi connectivity index (χ3v) is 7.12. The van der Waals surface area contributed by atoms with Gasteiger partial charge in [-0.2, -0.15) is 23.5 Å². The SMILES string of the molecule is [B]C([B])(CC(CCCCC(=O)O)SCc1ccccc1)SC([B])([B])c1ccccc1. The van der Waals surface area contributed by atoms with Crippen LogP contribution in [0.4, 0.5) is 0 Å². The van der Waals surface area contributed by atoms with Crippen molar-refractivity contribution < 1.29 is 9.90 Å². The van der Waals surface area contributed by atoms with Gasteiger partial charge in [0, 0.05) is 17.4 Å². The summed E-state index contributed by atoms with van der Waals surface area (Å²) in [7, 11) is 25.5. The predicted octanol–water partition coefficient (Wildman–Crippen LogP) is 4.20. The molecule has 1 N–H and O–H groups in total. The van der Waals surface area contributed by atoms with Crippen molar-refractivity contribution in [1.82, 2.24) is 0 Å². The van der Waals surface area contributed by atoms with Crippen LogP contribution in [0.25, 0.3) is 0 Å². The summed E-state index contributed by atoms with van der Waals surface area (Å²) >= 11 is 2.93. The molecule has 0 aliphatic heterocycles. The molecule has 2 rings (SSSR count). The number of benzene rings is 2. The summed E-state index contributed by atoms with van der Waals surface area (Å²) in [5.74, 6) is 0.0604. The van der Waals surface area contributed by atoms with Crippen molar-refractivity contribution in [3.63, 3.8) is 0 Å². The smallest absolute Gasteiger partial charge is 0.303 e. The van der Waals surface area contributed by atoms with Gasteiger partial charge in [0.15, 0.2) is 0 Å². The van der Waals surface area contributed by atoms with E-state index in [0.717, 1.165) is 35.9 Å². The Bertz CT molecular complexity index is 773. The summed E-state index contributed by atoms with van der Waals surface area (Å²) in [6.07, 6.45) is 2.94. The molecule has 30 heavy (non-hydrogen) atoms. The minimum Gasteiger partial charge on any atom is -0.481 e. The van der Waals surface area contributed by atoms with E-state index in [4.69, 9.17) is 36.5 Å². The van der Waals surface area contributed by atoms with E-state index in [-0.39, 0.29) is 11.7 Å². The highest BCUT2D eigenvalue weighted by Gasteiger charge is 2.31. The maximum absolute atomic E-state index is 10.8. The molecule has 2 aromatic rings. The molecule has 0 fully saturated rings. The molecule has 0 saturated heterocycles. The van der Waals surface area contributed by atoms with Crippen molar-refractivity contribution in [2.45, 2.75) is 52.2 Å². The number of hydrogen-bond acceptors (Lipinski definition) is 3. The number of unbranched alkanes of at least 4 members (excludes halogenated alkanes) is 1. The Balaban J connectivity index is 2.00. The van der Waals surface area contributed by atoms with Crippen LogP contribution in [0.3, 0.4) is 0 Å². The molecule has 0 aromatic heterocycles. The van der Waals surface area contributed by atoms with Crippen LogP contribution in [0.15, 0.2) is 60.7 Å². The van der Waals surface area contributed by atoms with E-state index in [2.05, 4.69) is 12.1 Å². The van der Waals surface area contributed by atoms with Gasteiger partial charge in [0.25, 0.3) is 0 Å². The molecule has 0 amide bonds. The van der Waals surface area contributed by atoms with Gasteiger partial charge in [-0.3, -0.25) is 4.79 Å². The van der Waals surface area contributed by atoms with Crippen LogP contribution in [0.5, 0.6) is 0 Å². The summed E-state index contributed by atoms with van der Waals surface area (Å²) in [4.78, 5) is 10.8. The molecule has 0 saturated carbocycles. The highest BCUT2D eigenvalue weighted by molar-refractivity contribution is 8.06. The predicted molar refractivity (Wildman–Crippen MR) is 134 cm³/mol. The molecule has 0 spiro atoms. The highest BCUT2D eigenvalue weighted by Crippen LogP contribution is 2.41. The largest absolute Gasteiger partial charge is 0.481 e. The zero-order valence-corrected chi connectivity index (χ0v) is 18.7. The summed E-state index contributed by atoms with van der Waals surface area (Å²) < 4.78 is -2.33. The van der Waals surface area contributed by atoms with E-state index in [1.165, 1.54) is 5.56 Å². The third-order valence-electron chi connectivity index (χ3n) is 4.63. The van der Waals surface area contributed by atoms with E-state index < -0.39 is 15.1 Å². The van der Waals surface area contributed by atoms with Gasteiger partial charge < -0.3 is 5.11 Å². The molecule has 8 radical (unpaired) electrons. The average molecular weight is 428 g/mol. The van der Waals surface area contributed by atoms with Gasteiger partial charge in [-0.15, -0.1) is 0 Å². The number of rotatable bonds is 13. The molecule has 0 heterocycles. The van der Waals surface area contributed by atoms with Crippen molar-refractivity contribution in [2.75, 3.05) is 0 Å². The van der Waals surface area contributed by atoms with E-state index in [0.29, 0.717) is 12.8 Å². The van der Waals surface area contributed by atoms with Crippen molar-refractivity contribution in [1.29, 1.82) is 0 Å². The van der Waals surface area contributed by atoms with Crippen molar-refractivity contribution in [2.24, 2.45) is 0 Å². The lowest BCUT2D eigenvalue weighted by Gasteiger charge is -2.39. The zero-order valence-electron chi connectivity index (χ0n) is 17.1. The number of carboxylic acids is 1. The van der Waals surface area contributed by atoms with E-state index in [9.17, 15) is 4.79 Å². The average Bonchev–Trinajstić information content (AvgIpc) is 2.69. The summed E-state index contributed by atoms with van der Waals surface area (Å²) in [5.41, 5.74) is 1.98. The quantitative estimate of drug-likeness (QED) is 0.384. The number of carbonyl (C=O) groups is 1. The van der Waals surface area contributed by atoms with Crippen molar-refractivity contribution >= 4 is 60.9 Å². The maximum Gasteiger partial charge on any atom is 0.303 e. The number of carboxylic acid groups (broad SMARTS) is 1. The first-order valence-electron chi connectivity index (χ1n) is 9.96. The summed E-state index contributed by atoms with van der Waals surface area (Å²) in [6.45, 7) is 0. The second-order valence-corrected chi connectivity index (χ2v) is 10.4. The van der Waals surface area contributed by atoms with Gasteiger partial charge in [-0.25, -0.2) is 0 Å². The molecule has 0 bridgehead atoms. The second-order valence-electron chi connectivity index (χ2n) is 7.48. The van der Waals surface area contributed by atoms with Crippen LogP contribution in [0, 0.1) is 0 Å². The third kappa shape index (κ3) is 9.34. The Morgan fingerprint density at radius 3 is 2.13 bits per heavy atom. The first kappa shape index (κ1) is 25.1. The molecule has 0 aliphatic rings. The molecular weight excluding hydrogens is 404 g/mol. The first-order valence-corrected chi connectivity index (χ1v) is 11.8. The number of hydrogen-bond donors (Lipinski definition) is 1. The molecule has 0 aliphatic carbocycles. The van der Waals surface area contributed by atoms with E-state index >= 15 is 0 Å². The Hall–Kier alpha value is -1.13. The Morgan fingerprint density at radius 2 is 1.53 bits per heavy atom. The molecule has 8 heteroatoms. The van der Waals surface area contributed by atoms with Gasteiger partial charge in [-0.05, 0) is 34.9 Å². The fourth-order valence-electron chi connectivity index (χ4n) is 3.15. The van der Waals surface area contributed by atoms with Gasteiger partial charge >= 0.3 is 5.97 Å². The van der Waals surface area contributed by atoms with Crippen LogP contribution in [0.2, 0.25) is 0 Å². The van der Waals surface area contributed by atoms with Gasteiger partial charge in [-0.1, -0.05) is 71.6 Å². The monoisotopic (exact) mass is 428 g/mol. The molecule has 148 valence electrons. The highest BCUT2D eigenvalue weighted by atomic mass is 32.2. The van der Waals surface area contributed by atoms with Gasteiger partial charge in [0.05, 0.1) is 31.4 Å². The van der Waals surface area contributed by atoms with Crippen LogP contribution in [-0.2, 0) is 15.1 Å². The fraction of sp³-hybridized carbons (Fsp3) is 0.409. The van der Waals surface area contributed by atoms with Crippen LogP contribution < -0.4 is 0 Å². The topological polar surface area (TPSA) is 37.3 Å².